The third kappa shape index (κ3) is 3.11. The van der Waals surface area contributed by atoms with Gasteiger partial charge in [-0.15, -0.1) is 0 Å². The standard InChI is InChI=1S/C19H20N2O2/c1-11(2)19-21-16-8-7-15(10-17(16)23-19)20-18(22)14-6-5-12(3)13(4)9-14/h5-11H,1-4H3,(H,20,22). The zero-order chi connectivity index (χ0) is 16.6. The van der Waals surface area contributed by atoms with Crippen molar-refractivity contribution in [3.63, 3.8) is 0 Å². The van der Waals surface area contributed by atoms with E-state index in [1.807, 2.05) is 64.1 Å². The highest BCUT2D eigenvalue weighted by atomic mass is 16.3. The van der Waals surface area contributed by atoms with Gasteiger partial charge < -0.3 is 9.73 Å². The Balaban J connectivity index is 1.85. The summed E-state index contributed by atoms with van der Waals surface area (Å²) < 4.78 is 5.73. The summed E-state index contributed by atoms with van der Waals surface area (Å²) in [5.41, 5.74) is 5.11. The van der Waals surface area contributed by atoms with E-state index in [9.17, 15) is 4.79 Å². The monoisotopic (exact) mass is 308 g/mol. The summed E-state index contributed by atoms with van der Waals surface area (Å²) >= 11 is 0. The molecule has 0 radical (unpaired) electrons. The predicted octanol–water partition coefficient (Wildman–Crippen LogP) is 4.82. The second-order valence-electron chi connectivity index (χ2n) is 6.14. The van der Waals surface area contributed by atoms with Crippen LogP contribution < -0.4 is 5.32 Å². The highest BCUT2D eigenvalue weighted by molar-refractivity contribution is 6.05. The average molecular weight is 308 g/mol. The highest BCUT2D eigenvalue weighted by Gasteiger charge is 2.11. The van der Waals surface area contributed by atoms with E-state index in [4.69, 9.17) is 4.42 Å². The summed E-state index contributed by atoms with van der Waals surface area (Å²) in [6.45, 7) is 8.10. The summed E-state index contributed by atoms with van der Waals surface area (Å²) in [6.07, 6.45) is 0. The molecule has 3 rings (SSSR count). The molecule has 3 aromatic rings. The first-order valence-corrected chi connectivity index (χ1v) is 7.73. The van der Waals surface area contributed by atoms with Gasteiger partial charge in [0, 0.05) is 23.2 Å². The molecular weight excluding hydrogens is 288 g/mol. The van der Waals surface area contributed by atoms with Gasteiger partial charge in [-0.05, 0) is 49.2 Å². The van der Waals surface area contributed by atoms with Crippen molar-refractivity contribution in [2.45, 2.75) is 33.6 Å². The summed E-state index contributed by atoms with van der Waals surface area (Å²) in [5, 5.41) is 2.91. The molecule has 4 nitrogen and oxygen atoms in total. The van der Waals surface area contributed by atoms with E-state index < -0.39 is 0 Å². The number of carbonyl (C=O) groups excluding carboxylic acids is 1. The van der Waals surface area contributed by atoms with Crippen LogP contribution in [-0.2, 0) is 0 Å². The highest BCUT2D eigenvalue weighted by Crippen LogP contribution is 2.24. The molecule has 0 fully saturated rings. The van der Waals surface area contributed by atoms with Gasteiger partial charge in [0.1, 0.15) is 5.52 Å². The molecule has 118 valence electrons. The smallest absolute Gasteiger partial charge is 0.255 e. The number of aromatic nitrogens is 1. The molecule has 4 heteroatoms. The topological polar surface area (TPSA) is 55.1 Å². The van der Waals surface area contributed by atoms with Crippen LogP contribution in [0.25, 0.3) is 11.1 Å². The predicted molar refractivity (Wildman–Crippen MR) is 92.0 cm³/mol. The van der Waals surface area contributed by atoms with Crippen LogP contribution in [0, 0.1) is 13.8 Å². The maximum Gasteiger partial charge on any atom is 0.255 e. The van der Waals surface area contributed by atoms with Gasteiger partial charge in [0.05, 0.1) is 0 Å². The van der Waals surface area contributed by atoms with Gasteiger partial charge in [-0.1, -0.05) is 19.9 Å². The van der Waals surface area contributed by atoms with Gasteiger partial charge in [-0.2, -0.15) is 0 Å². The van der Waals surface area contributed by atoms with Crippen molar-refractivity contribution in [2.75, 3.05) is 5.32 Å². The number of nitrogens with zero attached hydrogens (tertiary/aromatic N) is 1. The van der Waals surface area contributed by atoms with Crippen LogP contribution in [0.5, 0.6) is 0 Å². The Morgan fingerprint density at radius 2 is 1.87 bits per heavy atom. The van der Waals surface area contributed by atoms with Gasteiger partial charge in [0.2, 0.25) is 0 Å². The number of hydrogen-bond donors (Lipinski definition) is 1. The van der Waals surface area contributed by atoms with Crippen molar-refractivity contribution < 1.29 is 9.21 Å². The first kappa shape index (κ1) is 15.3. The molecule has 23 heavy (non-hydrogen) atoms. The summed E-state index contributed by atoms with van der Waals surface area (Å²) in [4.78, 5) is 16.8. The van der Waals surface area contributed by atoms with Crippen molar-refractivity contribution in [3.8, 4) is 0 Å². The fraction of sp³-hybridized carbons (Fsp3) is 0.263. The van der Waals surface area contributed by atoms with Gasteiger partial charge in [-0.25, -0.2) is 4.98 Å². The van der Waals surface area contributed by atoms with Gasteiger partial charge in [-0.3, -0.25) is 4.79 Å². The first-order valence-electron chi connectivity index (χ1n) is 7.73. The lowest BCUT2D eigenvalue weighted by Gasteiger charge is -2.07. The van der Waals surface area contributed by atoms with Gasteiger partial charge in [0.15, 0.2) is 11.5 Å². The lowest BCUT2D eigenvalue weighted by Crippen LogP contribution is -2.12. The number of amides is 1. The van der Waals surface area contributed by atoms with E-state index in [2.05, 4.69) is 10.3 Å². The molecule has 0 spiro atoms. The van der Waals surface area contributed by atoms with Crippen molar-refractivity contribution in [2.24, 2.45) is 0 Å². The Hall–Kier alpha value is -2.62. The van der Waals surface area contributed by atoms with Crippen molar-refractivity contribution in [3.05, 3.63) is 59.0 Å². The zero-order valence-electron chi connectivity index (χ0n) is 13.8. The van der Waals surface area contributed by atoms with Crippen LogP contribution in [0.3, 0.4) is 0 Å². The van der Waals surface area contributed by atoms with E-state index in [1.54, 1.807) is 0 Å². The number of rotatable bonds is 3. The Kier molecular flexibility index (Phi) is 3.90. The second-order valence-corrected chi connectivity index (χ2v) is 6.14. The second kappa shape index (κ2) is 5.88. The normalized spacial score (nSPS) is 11.2. The summed E-state index contributed by atoms with van der Waals surface area (Å²) in [5.74, 6) is 0.810. The number of oxazole rings is 1. The van der Waals surface area contributed by atoms with Crippen LogP contribution >= 0.6 is 0 Å². The van der Waals surface area contributed by atoms with E-state index in [1.165, 1.54) is 5.56 Å². The Morgan fingerprint density at radius 3 is 2.57 bits per heavy atom. The molecule has 1 aromatic heterocycles. The lowest BCUT2D eigenvalue weighted by molar-refractivity contribution is 0.102. The zero-order valence-corrected chi connectivity index (χ0v) is 13.8. The Labute approximate surface area is 135 Å². The molecular formula is C19H20N2O2. The number of anilines is 1. The van der Waals surface area contributed by atoms with E-state index in [-0.39, 0.29) is 11.8 Å². The molecule has 0 unspecified atom stereocenters. The van der Waals surface area contributed by atoms with Crippen molar-refractivity contribution in [1.29, 1.82) is 0 Å². The molecule has 0 saturated heterocycles. The molecule has 0 saturated carbocycles. The third-order valence-electron chi connectivity index (χ3n) is 3.93. The maximum absolute atomic E-state index is 12.4. The fourth-order valence-electron chi connectivity index (χ4n) is 2.35. The van der Waals surface area contributed by atoms with Crippen LogP contribution in [0.4, 0.5) is 5.69 Å². The number of hydrogen-bond acceptors (Lipinski definition) is 3. The minimum atomic E-state index is -0.129. The minimum Gasteiger partial charge on any atom is -0.440 e. The lowest BCUT2D eigenvalue weighted by atomic mass is 10.1. The quantitative estimate of drug-likeness (QED) is 0.754. The number of fused-ring (bicyclic) bond motifs is 1. The maximum atomic E-state index is 12.4. The summed E-state index contributed by atoms with van der Waals surface area (Å²) in [6, 6.07) is 11.2. The molecule has 0 aliphatic heterocycles. The first-order chi connectivity index (χ1) is 10.9. The third-order valence-corrected chi connectivity index (χ3v) is 3.93. The van der Waals surface area contributed by atoms with Crippen LogP contribution in [0.15, 0.2) is 40.8 Å². The molecule has 0 aliphatic rings. The number of carbonyl (C=O) groups is 1. The Bertz CT molecular complexity index is 878. The van der Waals surface area contributed by atoms with Crippen LogP contribution in [-0.4, -0.2) is 10.9 Å². The minimum absolute atomic E-state index is 0.129. The van der Waals surface area contributed by atoms with Crippen LogP contribution in [0.1, 0.15) is 47.1 Å². The number of aryl methyl sites for hydroxylation is 2. The average Bonchev–Trinajstić information content (AvgIpc) is 2.93. The fourth-order valence-corrected chi connectivity index (χ4v) is 2.35. The van der Waals surface area contributed by atoms with E-state index in [0.29, 0.717) is 22.7 Å². The summed E-state index contributed by atoms with van der Waals surface area (Å²) in [7, 11) is 0. The van der Waals surface area contributed by atoms with E-state index >= 15 is 0 Å². The molecule has 2 aromatic carbocycles. The molecule has 1 heterocycles. The largest absolute Gasteiger partial charge is 0.440 e. The van der Waals surface area contributed by atoms with Crippen molar-refractivity contribution >= 4 is 22.7 Å². The van der Waals surface area contributed by atoms with Crippen molar-refractivity contribution in [1.82, 2.24) is 4.98 Å². The number of nitrogens with one attached hydrogen (secondary N) is 1. The van der Waals surface area contributed by atoms with Gasteiger partial charge in [0.25, 0.3) is 5.91 Å². The molecule has 0 aliphatic carbocycles. The molecule has 1 amide bonds. The molecule has 0 atom stereocenters. The number of benzene rings is 2. The van der Waals surface area contributed by atoms with E-state index in [0.717, 1.165) is 11.1 Å². The van der Waals surface area contributed by atoms with Gasteiger partial charge >= 0.3 is 0 Å². The van der Waals surface area contributed by atoms with Crippen LogP contribution in [0.2, 0.25) is 0 Å². The molecule has 0 bridgehead atoms. The molecule has 1 N–H and O–H groups in total. The SMILES string of the molecule is Cc1ccc(C(=O)Nc2ccc3nc(C(C)C)oc3c2)cc1C. The Morgan fingerprint density at radius 1 is 1.09 bits per heavy atom.